The van der Waals surface area contributed by atoms with Crippen molar-refractivity contribution in [1.29, 1.82) is 0 Å². The Morgan fingerprint density at radius 3 is 2.05 bits per heavy atom. The first-order chi connectivity index (χ1) is 10.5. The maximum atomic E-state index is 5.71. The van der Waals surface area contributed by atoms with Crippen molar-refractivity contribution in [1.82, 2.24) is 0 Å². The average Bonchev–Trinajstić information content (AvgIpc) is 2.49. The van der Waals surface area contributed by atoms with Crippen LogP contribution >= 0.6 is 0 Å². The highest BCUT2D eigenvalue weighted by molar-refractivity contribution is 5.31. The lowest BCUT2D eigenvalue weighted by Gasteiger charge is -2.19. The molecule has 0 aromatic heterocycles. The summed E-state index contributed by atoms with van der Waals surface area (Å²) in [5.41, 5.74) is 1.53. The lowest BCUT2D eigenvalue weighted by molar-refractivity contribution is 0.0970. The summed E-state index contributed by atoms with van der Waals surface area (Å²) in [6, 6.07) is 8.39. The van der Waals surface area contributed by atoms with Crippen molar-refractivity contribution in [3.8, 4) is 5.75 Å². The molecule has 0 fully saturated rings. The van der Waals surface area contributed by atoms with Crippen molar-refractivity contribution in [2.45, 2.75) is 71.6 Å². The highest BCUT2D eigenvalue weighted by Gasteiger charge is 2.12. The molecular formula is C20H34O2. The Labute approximate surface area is 137 Å². The van der Waals surface area contributed by atoms with E-state index in [4.69, 9.17) is 9.47 Å². The molecule has 2 nitrogen and oxygen atoms in total. The maximum absolute atomic E-state index is 5.71. The van der Waals surface area contributed by atoms with Crippen LogP contribution in [0, 0.1) is 0 Å². The number of unbranched alkanes of at least 4 members (excludes halogenated alkanes) is 5. The van der Waals surface area contributed by atoms with Crippen molar-refractivity contribution in [2.75, 3.05) is 19.8 Å². The molecule has 1 rings (SSSR count). The van der Waals surface area contributed by atoms with Crippen molar-refractivity contribution < 1.29 is 9.47 Å². The van der Waals surface area contributed by atoms with Gasteiger partial charge >= 0.3 is 0 Å². The molecule has 0 spiro atoms. The van der Waals surface area contributed by atoms with Crippen molar-refractivity contribution in [3.63, 3.8) is 0 Å². The second-order valence-electron chi connectivity index (χ2n) is 7.00. The van der Waals surface area contributed by atoms with Crippen LogP contribution in [-0.4, -0.2) is 19.8 Å². The van der Waals surface area contributed by atoms with Crippen LogP contribution in [0.4, 0.5) is 0 Å². The molecule has 1 aromatic rings. The second-order valence-corrected chi connectivity index (χ2v) is 7.00. The second kappa shape index (κ2) is 10.7. The summed E-state index contributed by atoms with van der Waals surface area (Å²) in [7, 11) is 0. The monoisotopic (exact) mass is 306 g/mol. The summed E-state index contributed by atoms with van der Waals surface area (Å²) in [5, 5.41) is 0. The fourth-order valence-corrected chi connectivity index (χ4v) is 2.36. The zero-order valence-electron chi connectivity index (χ0n) is 15.0. The van der Waals surface area contributed by atoms with Gasteiger partial charge in [-0.25, -0.2) is 0 Å². The quantitative estimate of drug-likeness (QED) is 0.485. The van der Waals surface area contributed by atoms with Gasteiger partial charge in [-0.3, -0.25) is 0 Å². The minimum absolute atomic E-state index is 0.193. The normalized spacial score (nSPS) is 11.6. The summed E-state index contributed by atoms with van der Waals surface area (Å²) in [6.07, 6.45) is 7.84. The van der Waals surface area contributed by atoms with E-state index in [-0.39, 0.29) is 5.41 Å². The van der Waals surface area contributed by atoms with Gasteiger partial charge < -0.3 is 9.47 Å². The highest BCUT2D eigenvalue weighted by atomic mass is 16.5. The topological polar surface area (TPSA) is 18.5 Å². The Morgan fingerprint density at radius 2 is 1.41 bits per heavy atom. The average molecular weight is 306 g/mol. The molecule has 0 radical (unpaired) electrons. The molecule has 2 heteroatoms. The molecule has 0 heterocycles. The van der Waals surface area contributed by atoms with Gasteiger partial charge in [0.1, 0.15) is 12.4 Å². The Balaban J connectivity index is 2.03. The van der Waals surface area contributed by atoms with Gasteiger partial charge in [0, 0.05) is 6.61 Å². The first-order valence-corrected chi connectivity index (χ1v) is 8.85. The van der Waals surface area contributed by atoms with Gasteiger partial charge in [0.2, 0.25) is 0 Å². The molecule has 0 atom stereocenters. The first-order valence-electron chi connectivity index (χ1n) is 8.85. The van der Waals surface area contributed by atoms with Crippen LogP contribution in [0.1, 0.15) is 71.8 Å². The molecule has 0 amide bonds. The van der Waals surface area contributed by atoms with E-state index < -0.39 is 0 Å². The van der Waals surface area contributed by atoms with Crippen LogP contribution in [0.5, 0.6) is 5.75 Å². The number of rotatable bonds is 11. The summed E-state index contributed by atoms with van der Waals surface area (Å²) in [5.74, 6) is 0.927. The van der Waals surface area contributed by atoms with Crippen LogP contribution in [0.3, 0.4) is 0 Å². The smallest absolute Gasteiger partial charge is 0.119 e. The molecule has 0 aliphatic rings. The number of hydrogen-bond acceptors (Lipinski definition) is 2. The molecule has 1 aromatic carbocycles. The molecule has 0 unspecified atom stereocenters. The molecular weight excluding hydrogens is 272 g/mol. The van der Waals surface area contributed by atoms with E-state index >= 15 is 0 Å². The zero-order valence-corrected chi connectivity index (χ0v) is 15.0. The van der Waals surface area contributed by atoms with Crippen LogP contribution in [0.15, 0.2) is 24.3 Å². The van der Waals surface area contributed by atoms with E-state index in [1.807, 2.05) is 12.1 Å². The van der Waals surface area contributed by atoms with E-state index in [0.29, 0.717) is 13.2 Å². The Bertz CT molecular complexity index is 376. The third kappa shape index (κ3) is 8.43. The first kappa shape index (κ1) is 19.0. The van der Waals surface area contributed by atoms with Gasteiger partial charge in [-0.15, -0.1) is 0 Å². The fraction of sp³-hybridized carbons (Fsp3) is 0.700. The minimum atomic E-state index is 0.193. The fourth-order valence-electron chi connectivity index (χ4n) is 2.36. The minimum Gasteiger partial charge on any atom is -0.491 e. The molecule has 22 heavy (non-hydrogen) atoms. The van der Waals surface area contributed by atoms with Crippen molar-refractivity contribution >= 4 is 0 Å². The molecule has 0 aliphatic carbocycles. The molecule has 0 aliphatic heterocycles. The summed E-state index contributed by atoms with van der Waals surface area (Å²) >= 11 is 0. The summed E-state index contributed by atoms with van der Waals surface area (Å²) in [4.78, 5) is 0. The van der Waals surface area contributed by atoms with Gasteiger partial charge in [0.05, 0.1) is 6.61 Å². The van der Waals surface area contributed by atoms with Crippen molar-refractivity contribution in [2.24, 2.45) is 0 Å². The van der Waals surface area contributed by atoms with Gasteiger partial charge in [-0.2, -0.15) is 0 Å². The number of benzene rings is 1. The standard InChI is InChI=1S/C20H34O2/c1-5-6-7-8-9-10-15-21-16-17-22-19-13-11-18(12-14-19)20(2,3)4/h11-14H,5-10,15-17H2,1-4H3. The lowest BCUT2D eigenvalue weighted by atomic mass is 9.87. The van der Waals surface area contributed by atoms with Crippen LogP contribution in [0.25, 0.3) is 0 Å². The predicted molar refractivity (Wildman–Crippen MR) is 94.8 cm³/mol. The molecule has 0 N–H and O–H groups in total. The largest absolute Gasteiger partial charge is 0.491 e. The molecule has 126 valence electrons. The Hall–Kier alpha value is -1.02. The third-order valence-electron chi connectivity index (χ3n) is 3.86. The van der Waals surface area contributed by atoms with E-state index in [1.165, 1.54) is 44.1 Å². The SMILES string of the molecule is CCCCCCCCOCCOc1ccc(C(C)(C)C)cc1. The van der Waals surface area contributed by atoms with E-state index in [1.54, 1.807) is 0 Å². The lowest BCUT2D eigenvalue weighted by Crippen LogP contribution is -2.11. The van der Waals surface area contributed by atoms with E-state index in [9.17, 15) is 0 Å². The van der Waals surface area contributed by atoms with Gasteiger partial charge in [-0.1, -0.05) is 71.9 Å². The number of hydrogen-bond donors (Lipinski definition) is 0. The van der Waals surface area contributed by atoms with Crippen LogP contribution < -0.4 is 4.74 Å². The zero-order chi connectivity index (χ0) is 16.3. The van der Waals surface area contributed by atoms with Gasteiger partial charge in [0.25, 0.3) is 0 Å². The van der Waals surface area contributed by atoms with Gasteiger partial charge in [-0.05, 0) is 29.5 Å². The van der Waals surface area contributed by atoms with Crippen LogP contribution in [0.2, 0.25) is 0 Å². The van der Waals surface area contributed by atoms with Gasteiger partial charge in [0.15, 0.2) is 0 Å². The summed E-state index contributed by atoms with van der Waals surface area (Å²) in [6.45, 7) is 11.1. The molecule has 0 saturated heterocycles. The predicted octanol–water partition coefficient (Wildman–Crippen LogP) is 5.74. The third-order valence-corrected chi connectivity index (χ3v) is 3.86. The maximum Gasteiger partial charge on any atom is 0.119 e. The van der Waals surface area contributed by atoms with E-state index in [2.05, 4.69) is 39.8 Å². The molecule has 0 bridgehead atoms. The Kier molecular flexibility index (Phi) is 9.22. The van der Waals surface area contributed by atoms with Crippen molar-refractivity contribution in [3.05, 3.63) is 29.8 Å². The summed E-state index contributed by atoms with van der Waals surface area (Å²) < 4.78 is 11.3. The van der Waals surface area contributed by atoms with Crippen LogP contribution in [-0.2, 0) is 10.2 Å². The highest BCUT2D eigenvalue weighted by Crippen LogP contribution is 2.24. The molecule has 0 saturated carbocycles. The number of ether oxygens (including phenoxy) is 2. The Morgan fingerprint density at radius 1 is 0.773 bits per heavy atom. The van der Waals surface area contributed by atoms with E-state index in [0.717, 1.165) is 12.4 Å².